The van der Waals surface area contributed by atoms with Crippen molar-refractivity contribution in [1.29, 1.82) is 0 Å². The lowest BCUT2D eigenvalue weighted by atomic mass is 9.86. The minimum atomic E-state index is -4.52. The van der Waals surface area contributed by atoms with Gasteiger partial charge in [0.25, 0.3) is 0 Å². The fourth-order valence-corrected chi connectivity index (χ4v) is 3.08. The van der Waals surface area contributed by atoms with E-state index in [0.29, 0.717) is 17.7 Å². The number of rotatable bonds is 5. The van der Waals surface area contributed by atoms with Crippen molar-refractivity contribution in [3.8, 4) is 0 Å². The van der Waals surface area contributed by atoms with Crippen LogP contribution in [-0.2, 0) is 19.1 Å². The van der Waals surface area contributed by atoms with Gasteiger partial charge in [-0.25, -0.2) is 0 Å². The molecule has 136 valence electrons. The Bertz CT molecular complexity index is 517. The van der Waals surface area contributed by atoms with Gasteiger partial charge in [0, 0.05) is 26.2 Å². The molecule has 2 aliphatic rings. The van der Waals surface area contributed by atoms with Crippen molar-refractivity contribution in [2.24, 2.45) is 5.92 Å². The number of carbonyl (C=O) groups excluding carboxylic acids is 2. The number of carboxylic acids is 1. The minimum absolute atomic E-state index is 0.289. The summed E-state index contributed by atoms with van der Waals surface area (Å²) in [5, 5.41) is 11.7. The molecule has 0 saturated carbocycles. The first-order valence-corrected chi connectivity index (χ1v) is 7.56. The number of halogens is 3. The lowest BCUT2D eigenvalue weighted by Gasteiger charge is -2.37. The van der Waals surface area contributed by atoms with Gasteiger partial charge in [-0.05, 0) is 12.8 Å². The van der Waals surface area contributed by atoms with Gasteiger partial charge in [-0.1, -0.05) is 0 Å². The van der Waals surface area contributed by atoms with Crippen LogP contribution in [0.4, 0.5) is 13.2 Å². The van der Waals surface area contributed by atoms with E-state index in [1.54, 1.807) is 0 Å². The molecule has 0 bridgehead atoms. The quantitative estimate of drug-likeness (QED) is 0.753. The van der Waals surface area contributed by atoms with Crippen molar-refractivity contribution in [2.45, 2.75) is 37.4 Å². The number of carboxylic acid groups (broad SMARTS) is 1. The first kappa shape index (κ1) is 18.5. The fourth-order valence-electron chi connectivity index (χ4n) is 3.08. The molecule has 2 aliphatic heterocycles. The smallest absolute Gasteiger partial charge is 0.406 e. The Morgan fingerprint density at radius 2 is 1.96 bits per heavy atom. The number of amides is 2. The van der Waals surface area contributed by atoms with Gasteiger partial charge >= 0.3 is 12.1 Å². The molecule has 24 heavy (non-hydrogen) atoms. The molecule has 2 heterocycles. The summed E-state index contributed by atoms with van der Waals surface area (Å²) in [5.74, 6) is -3.31. The number of hydrogen-bond acceptors (Lipinski definition) is 4. The van der Waals surface area contributed by atoms with Gasteiger partial charge in [0.2, 0.25) is 11.8 Å². The van der Waals surface area contributed by atoms with Gasteiger partial charge in [0.15, 0.2) is 0 Å². The average Bonchev–Trinajstić information content (AvgIpc) is 2.78. The van der Waals surface area contributed by atoms with E-state index in [0.717, 1.165) is 0 Å². The molecule has 2 amide bonds. The van der Waals surface area contributed by atoms with Crippen LogP contribution in [0, 0.1) is 5.92 Å². The Kier molecular flexibility index (Phi) is 5.36. The summed E-state index contributed by atoms with van der Waals surface area (Å²) in [7, 11) is 0. The first-order valence-electron chi connectivity index (χ1n) is 7.56. The molecule has 2 saturated heterocycles. The third-order valence-corrected chi connectivity index (χ3v) is 4.28. The molecule has 2 rings (SSSR count). The Morgan fingerprint density at radius 1 is 1.33 bits per heavy atom. The highest BCUT2D eigenvalue weighted by Gasteiger charge is 2.43. The molecule has 1 atom stereocenters. The fraction of sp³-hybridized carbons (Fsp3) is 0.786. The van der Waals surface area contributed by atoms with Crippen molar-refractivity contribution in [2.75, 3.05) is 26.3 Å². The van der Waals surface area contributed by atoms with Gasteiger partial charge in [-0.2, -0.15) is 13.2 Å². The molecule has 0 aromatic heterocycles. The van der Waals surface area contributed by atoms with Gasteiger partial charge in [0.1, 0.15) is 6.54 Å². The molecule has 2 fully saturated rings. The monoisotopic (exact) mass is 352 g/mol. The zero-order valence-corrected chi connectivity index (χ0v) is 12.9. The van der Waals surface area contributed by atoms with E-state index < -0.39 is 42.0 Å². The van der Waals surface area contributed by atoms with Crippen LogP contribution < -0.4 is 5.32 Å². The molecule has 0 aliphatic carbocycles. The number of nitrogens with one attached hydrogen (secondary N) is 1. The van der Waals surface area contributed by atoms with Crippen LogP contribution in [0.1, 0.15) is 25.7 Å². The highest BCUT2D eigenvalue weighted by molar-refractivity contribution is 5.89. The van der Waals surface area contributed by atoms with Gasteiger partial charge in [-0.15, -0.1) is 0 Å². The molecule has 2 N–H and O–H groups in total. The van der Waals surface area contributed by atoms with Crippen molar-refractivity contribution < 1.29 is 37.4 Å². The summed E-state index contributed by atoms with van der Waals surface area (Å²) in [5.41, 5.74) is -0.984. The molecule has 7 nitrogen and oxygen atoms in total. The summed E-state index contributed by atoms with van der Waals surface area (Å²) >= 11 is 0. The number of alkyl halides is 3. The zero-order valence-electron chi connectivity index (χ0n) is 12.9. The van der Waals surface area contributed by atoms with Crippen LogP contribution in [-0.4, -0.2) is 65.8 Å². The maximum Gasteiger partial charge on any atom is 0.406 e. The Morgan fingerprint density at radius 3 is 2.50 bits per heavy atom. The third-order valence-electron chi connectivity index (χ3n) is 4.28. The average molecular weight is 352 g/mol. The third kappa shape index (κ3) is 4.83. The summed E-state index contributed by atoms with van der Waals surface area (Å²) in [6.45, 7) is -1.12. The predicted molar refractivity (Wildman–Crippen MR) is 73.9 cm³/mol. The number of carbonyl (C=O) groups is 3. The minimum Gasteiger partial charge on any atom is -0.481 e. The van der Waals surface area contributed by atoms with E-state index in [2.05, 4.69) is 5.32 Å². The lowest BCUT2D eigenvalue weighted by molar-refractivity contribution is -0.157. The van der Waals surface area contributed by atoms with E-state index in [1.807, 2.05) is 0 Å². The highest BCUT2D eigenvalue weighted by atomic mass is 19.4. The van der Waals surface area contributed by atoms with Crippen molar-refractivity contribution >= 4 is 17.8 Å². The number of ether oxygens (including phenoxy) is 1. The normalized spacial score (nSPS) is 24.0. The molecule has 0 spiro atoms. The van der Waals surface area contributed by atoms with Crippen LogP contribution in [0.25, 0.3) is 0 Å². The molecule has 10 heteroatoms. The topological polar surface area (TPSA) is 95.9 Å². The highest BCUT2D eigenvalue weighted by Crippen LogP contribution is 2.28. The second-order valence-electron chi connectivity index (χ2n) is 6.24. The number of hydrogen-bond donors (Lipinski definition) is 2. The zero-order chi connectivity index (χ0) is 18.0. The second-order valence-corrected chi connectivity index (χ2v) is 6.24. The molecule has 0 radical (unpaired) electrons. The Hall–Kier alpha value is -1.84. The van der Waals surface area contributed by atoms with E-state index in [4.69, 9.17) is 9.84 Å². The largest absolute Gasteiger partial charge is 0.481 e. The summed E-state index contributed by atoms with van der Waals surface area (Å²) in [6.07, 6.45) is -4.52. The summed E-state index contributed by atoms with van der Waals surface area (Å²) in [4.78, 5) is 35.7. The van der Waals surface area contributed by atoms with Crippen LogP contribution in [0.5, 0.6) is 0 Å². The van der Waals surface area contributed by atoms with Crippen LogP contribution >= 0.6 is 0 Å². The second kappa shape index (κ2) is 6.96. The first-order chi connectivity index (χ1) is 11.1. The maximum absolute atomic E-state index is 12.4. The van der Waals surface area contributed by atoms with Crippen molar-refractivity contribution in [3.63, 3.8) is 0 Å². The molecule has 0 aromatic carbocycles. The van der Waals surface area contributed by atoms with Gasteiger partial charge in [0.05, 0.1) is 17.9 Å². The number of nitrogens with zero attached hydrogens (tertiary/aromatic N) is 1. The van der Waals surface area contributed by atoms with Crippen LogP contribution in [0.15, 0.2) is 0 Å². The number of likely N-dealkylation sites (tertiary alicyclic amines) is 1. The Labute approximate surface area is 136 Å². The lowest BCUT2D eigenvalue weighted by Crippen LogP contribution is -2.55. The van der Waals surface area contributed by atoms with E-state index >= 15 is 0 Å². The number of aliphatic carboxylic acids is 1. The van der Waals surface area contributed by atoms with Crippen LogP contribution in [0.2, 0.25) is 0 Å². The SMILES string of the molecule is O=C(O)CC1(NC(=O)C2CC(=O)N(CC(F)(F)F)C2)CCOCC1. The van der Waals surface area contributed by atoms with E-state index in [9.17, 15) is 27.6 Å². The predicted octanol–water partition coefficient (Wildman–Crippen LogP) is 0.537. The summed E-state index contributed by atoms with van der Waals surface area (Å²) < 4.78 is 42.4. The van der Waals surface area contributed by atoms with Crippen LogP contribution in [0.3, 0.4) is 0 Å². The van der Waals surface area contributed by atoms with Crippen molar-refractivity contribution in [3.05, 3.63) is 0 Å². The standard InChI is InChI=1S/C14H19F3N2O5/c15-14(16,17)8-19-7-9(5-10(19)20)12(23)18-13(6-11(21)22)1-3-24-4-2-13/h9H,1-8H2,(H,18,23)(H,21,22). The molecule has 0 aromatic rings. The maximum atomic E-state index is 12.4. The van der Waals surface area contributed by atoms with Crippen molar-refractivity contribution in [1.82, 2.24) is 10.2 Å². The van der Waals surface area contributed by atoms with E-state index in [-0.39, 0.29) is 32.6 Å². The van der Waals surface area contributed by atoms with E-state index in [1.165, 1.54) is 0 Å². The Balaban J connectivity index is 2.00. The molecular formula is C14H19F3N2O5. The van der Waals surface area contributed by atoms with Gasteiger partial charge < -0.3 is 20.1 Å². The summed E-state index contributed by atoms with van der Waals surface area (Å²) in [6, 6.07) is 0. The van der Waals surface area contributed by atoms with Gasteiger partial charge in [-0.3, -0.25) is 14.4 Å². The molecular weight excluding hydrogens is 333 g/mol. The molecule has 1 unspecified atom stereocenters.